The molecule has 2 rings (SSSR count). The molecule has 0 fully saturated rings. The minimum atomic E-state index is -4.48. The summed E-state index contributed by atoms with van der Waals surface area (Å²) < 4.78 is 41.1. The quantitative estimate of drug-likeness (QED) is 0.705. The molecule has 1 aromatic rings. The van der Waals surface area contributed by atoms with E-state index in [1.807, 2.05) is 0 Å². The van der Waals surface area contributed by atoms with Gasteiger partial charge in [-0.25, -0.2) is 4.99 Å². The molecule has 0 saturated carbocycles. The fourth-order valence-electron chi connectivity index (χ4n) is 1.37. The van der Waals surface area contributed by atoms with Gasteiger partial charge < -0.3 is 4.74 Å². The number of halogens is 3. The summed E-state index contributed by atoms with van der Waals surface area (Å²) in [7, 11) is 0. The second-order valence-electron chi connectivity index (χ2n) is 3.17. The van der Waals surface area contributed by atoms with Gasteiger partial charge in [0.1, 0.15) is 12.6 Å². The Bertz CT molecular complexity index is 372. The Balaban J connectivity index is 2.20. The largest absolute Gasteiger partial charge is 0.472 e. The molecule has 0 bridgehead atoms. The van der Waals surface area contributed by atoms with E-state index in [4.69, 9.17) is 0 Å². The van der Waals surface area contributed by atoms with Crippen LogP contribution in [0, 0.1) is 0 Å². The van der Waals surface area contributed by atoms with Gasteiger partial charge in [0.05, 0.1) is 0 Å². The van der Waals surface area contributed by atoms with Gasteiger partial charge in [-0.2, -0.15) is 13.2 Å². The molecule has 5 heteroatoms. The summed E-state index contributed by atoms with van der Waals surface area (Å²) in [4.78, 5) is 3.50. The number of hydrogen-bond donors (Lipinski definition) is 0. The Morgan fingerprint density at radius 2 is 1.87 bits per heavy atom. The highest BCUT2D eigenvalue weighted by molar-refractivity contribution is 5.83. The van der Waals surface area contributed by atoms with Gasteiger partial charge in [0, 0.05) is 0 Å². The van der Waals surface area contributed by atoms with E-state index in [0.29, 0.717) is 0 Å². The zero-order valence-corrected chi connectivity index (χ0v) is 7.66. The molecular formula is C10H8F3NO. The minimum absolute atomic E-state index is 0.0428. The van der Waals surface area contributed by atoms with Gasteiger partial charge in [-0.15, -0.1) is 0 Å². The Kier molecular flexibility index (Phi) is 2.38. The number of nitrogens with zero attached hydrogens (tertiary/aromatic N) is 1. The van der Waals surface area contributed by atoms with E-state index in [0.717, 1.165) is 5.56 Å². The third-order valence-electron chi connectivity index (χ3n) is 2.08. The van der Waals surface area contributed by atoms with E-state index in [-0.39, 0.29) is 6.61 Å². The monoisotopic (exact) mass is 215 g/mol. The SMILES string of the molecule is FC(F)(F)C1=N[C@@H](c2ccccc2)CO1. The molecule has 1 aliphatic heterocycles. The van der Waals surface area contributed by atoms with Gasteiger partial charge in [-0.05, 0) is 5.56 Å². The van der Waals surface area contributed by atoms with Gasteiger partial charge in [0.15, 0.2) is 0 Å². The average molecular weight is 215 g/mol. The molecule has 0 N–H and O–H groups in total. The van der Waals surface area contributed by atoms with Crippen molar-refractivity contribution in [3.05, 3.63) is 35.9 Å². The Hall–Kier alpha value is -1.52. The highest BCUT2D eigenvalue weighted by Crippen LogP contribution is 2.29. The van der Waals surface area contributed by atoms with Crippen LogP contribution in [0.1, 0.15) is 11.6 Å². The second kappa shape index (κ2) is 3.56. The summed E-state index contributed by atoms with van der Waals surface area (Å²) >= 11 is 0. The molecule has 1 atom stereocenters. The van der Waals surface area contributed by atoms with Crippen molar-refractivity contribution < 1.29 is 17.9 Å². The van der Waals surface area contributed by atoms with Crippen LogP contribution < -0.4 is 0 Å². The molecule has 0 saturated heterocycles. The van der Waals surface area contributed by atoms with Crippen LogP contribution in [0.5, 0.6) is 0 Å². The standard InChI is InChI=1S/C10H8F3NO/c11-10(12,13)9-14-8(6-15-9)7-4-2-1-3-5-7/h1-5,8H,6H2/t8-/m1/s1. The molecule has 1 aliphatic rings. The van der Waals surface area contributed by atoms with Crippen LogP contribution in [0.4, 0.5) is 13.2 Å². The summed E-state index contributed by atoms with van der Waals surface area (Å²) in [6.07, 6.45) is -4.48. The molecular weight excluding hydrogens is 207 g/mol. The Morgan fingerprint density at radius 3 is 2.40 bits per heavy atom. The molecule has 1 aromatic carbocycles. The van der Waals surface area contributed by atoms with Crippen LogP contribution in [0.2, 0.25) is 0 Å². The van der Waals surface area contributed by atoms with Crippen molar-refractivity contribution in [2.75, 3.05) is 6.61 Å². The smallest absolute Gasteiger partial charge is 0.468 e. The third kappa shape index (κ3) is 2.11. The van der Waals surface area contributed by atoms with Crippen molar-refractivity contribution in [1.29, 1.82) is 0 Å². The van der Waals surface area contributed by atoms with Crippen LogP contribution >= 0.6 is 0 Å². The first-order valence-corrected chi connectivity index (χ1v) is 4.40. The number of rotatable bonds is 1. The lowest BCUT2D eigenvalue weighted by molar-refractivity contribution is -0.0753. The lowest BCUT2D eigenvalue weighted by atomic mass is 10.1. The number of aliphatic imine (C=N–C) groups is 1. The van der Waals surface area contributed by atoms with E-state index in [9.17, 15) is 13.2 Å². The van der Waals surface area contributed by atoms with Crippen molar-refractivity contribution >= 4 is 5.90 Å². The van der Waals surface area contributed by atoms with Gasteiger partial charge >= 0.3 is 6.18 Å². The van der Waals surface area contributed by atoms with Crippen LogP contribution in [0.25, 0.3) is 0 Å². The summed E-state index contributed by atoms with van der Waals surface area (Å²) in [5, 5.41) is 0. The fraction of sp³-hybridized carbons (Fsp3) is 0.300. The first kappa shape index (κ1) is 10.0. The maximum absolute atomic E-state index is 12.2. The maximum Gasteiger partial charge on any atom is 0.468 e. The van der Waals surface area contributed by atoms with Gasteiger partial charge in [0.25, 0.3) is 5.90 Å². The molecule has 80 valence electrons. The highest BCUT2D eigenvalue weighted by atomic mass is 19.4. The zero-order valence-electron chi connectivity index (χ0n) is 7.66. The Labute approximate surface area is 84.4 Å². The molecule has 0 amide bonds. The van der Waals surface area contributed by atoms with Crippen LogP contribution in [0.3, 0.4) is 0 Å². The van der Waals surface area contributed by atoms with Gasteiger partial charge in [-0.1, -0.05) is 30.3 Å². The second-order valence-corrected chi connectivity index (χ2v) is 3.17. The highest BCUT2D eigenvalue weighted by Gasteiger charge is 2.42. The molecule has 0 aromatic heterocycles. The first-order valence-electron chi connectivity index (χ1n) is 4.40. The van der Waals surface area contributed by atoms with Gasteiger partial charge in [0.2, 0.25) is 0 Å². The minimum Gasteiger partial charge on any atom is -0.472 e. The molecule has 0 unspecified atom stereocenters. The maximum atomic E-state index is 12.2. The molecule has 1 heterocycles. The molecule has 2 nitrogen and oxygen atoms in total. The Morgan fingerprint density at radius 1 is 1.20 bits per heavy atom. The van der Waals surface area contributed by atoms with Crippen molar-refractivity contribution in [3.63, 3.8) is 0 Å². The molecule has 0 spiro atoms. The first-order chi connectivity index (χ1) is 7.07. The number of ether oxygens (including phenoxy) is 1. The number of benzene rings is 1. The fourth-order valence-corrected chi connectivity index (χ4v) is 1.37. The number of hydrogen-bond acceptors (Lipinski definition) is 2. The van der Waals surface area contributed by atoms with Crippen LogP contribution in [-0.4, -0.2) is 18.7 Å². The molecule has 15 heavy (non-hydrogen) atoms. The zero-order chi connectivity index (χ0) is 10.9. The lowest BCUT2D eigenvalue weighted by Crippen LogP contribution is -2.22. The molecule has 0 radical (unpaired) electrons. The van der Waals surface area contributed by atoms with E-state index < -0.39 is 18.1 Å². The van der Waals surface area contributed by atoms with E-state index in [2.05, 4.69) is 9.73 Å². The van der Waals surface area contributed by atoms with Crippen LogP contribution in [-0.2, 0) is 4.74 Å². The summed E-state index contributed by atoms with van der Waals surface area (Å²) in [5.41, 5.74) is 0.733. The summed E-state index contributed by atoms with van der Waals surface area (Å²) in [6.45, 7) is -0.0428. The third-order valence-corrected chi connectivity index (χ3v) is 2.08. The van der Waals surface area contributed by atoms with Crippen molar-refractivity contribution in [2.45, 2.75) is 12.2 Å². The normalized spacial score (nSPS) is 21.0. The average Bonchev–Trinajstić information content (AvgIpc) is 2.67. The molecule has 0 aliphatic carbocycles. The predicted molar refractivity (Wildman–Crippen MR) is 48.6 cm³/mol. The van der Waals surface area contributed by atoms with E-state index in [1.165, 1.54) is 0 Å². The summed E-state index contributed by atoms with van der Waals surface area (Å²) in [5.74, 6) is -1.13. The van der Waals surface area contributed by atoms with Crippen LogP contribution in [0.15, 0.2) is 35.3 Å². The van der Waals surface area contributed by atoms with E-state index >= 15 is 0 Å². The van der Waals surface area contributed by atoms with Gasteiger partial charge in [-0.3, -0.25) is 0 Å². The predicted octanol–water partition coefficient (Wildman–Crippen LogP) is 2.72. The van der Waals surface area contributed by atoms with E-state index in [1.54, 1.807) is 30.3 Å². The van der Waals surface area contributed by atoms with Crippen molar-refractivity contribution in [3.8, 4) is 0 Å². The summed E-state index contributed by atoms with van der Waals surface area (Å²) in [6, 6.07) is 8.25. The van der Waals surface area contributed by atoms with Crippen molar-refractivity contribution in [2.24, 2.45) is 4.99 Å². The van der Waals surface area contributed by atoms with Crippen molar-refractivity contribution in [1.82, 2.24) is 0 Å². The lowest BCUT2D eigenvalue weighted by Gasteiger charge is -2.03. The topological polar surface area (TPSA) is 21.6 Å². The number of alkyl halides is 3.